The number of nitrogens with zero attached hydrogens (tertiary/aromatic N) is 2. The molecule has 0 bridgehead atoms. The number of anilines is 2. The average Bonchev–Trinajstić information content (AvgIpc) is 3.04. The van der Waals surface area contributed by atoms with Crippen molar-refractivity contribution in [1.29, 1.82) is 0 Å². The Balaban J connectivity index is 1.80. The van der Waals surface area contributed by atoms with Gasteiger partial charge in [0, 0.05) is 17.8 Å². The first kappa shape index (κ1) is 21.9. The van der Waals surface area contributed by atoms with Crippen molar-refractivity contribution in [2.45, 2.75) is 19.8 Å². The van der Waals surface area contributed by atoms with E-state index in [1.807, 2.05) is 12.1 Å². The van der Waals surface area contributed by atoms with Crippen molar-refractivity contribution in [1.82, 2.24) is 0 Å². The number of hydrogen-bond donors (Lipinski definition) is 1. The number of carbonyl (C=O) groups is 2. The Morgan fingerprint density at radius 2 is 1.55 bits per heavy atom. The molecule has 3 aromatic rings. The number of para-hydroxylation sites is 1. The Morgan fingerprint density at radius 1 is 0.909 bits per heavy atom. The standard InChI is InChI=1S/C25H20FN3O4/c1-15(2)16-7-11-18(12-8-16)27-23-22(17-9-13-19(14-10-17)29(32)33)24(30)28(25(23)31)21-6-4-3-5-20(21)26/h3-15,27H,1-2H3. The maximum Gasteiger partial charge on any atom is 0.282 e. The molecule has 8 heteroatoms. The Kier molecular flexibility index (Phi) is 5.74. The molecular weight excluding hydrogens is 425 g/mol. The van der Waals surface area contributed by atoms with Crippen molar-refractivity contribution in [3.8, 4) is 0 Å². The molecule has 0 radical (unpaired) electrons. The first-order chi connectivity index (χ1) is 15.8. The van der Waals surface area contributed by atoms with Gasteiger partial charge in [0.15, 0.2) is 0 Å². The fourth-order valence-electron chi connectivity index (χ4n) is 3.61. The van der Waals surface area contributed by atoms with Crippen LogP contribution in [0, 0.1) is 15.9 Å². The third-order valence-corrected chi connectivity index (χ3v) is 5.39. The van der Waals surface area contributed by atoms with Crippen molar-refractivity contribution >= 4 is 34.4 Å². The highest BCUT2D eigenvalue weighted by molar-refractivity contribution is 6.46. The second kappa shape index (κ2) is 8.66. The molecule has 0 spiro atoms. The van der Waals surface area contributed by atoms with E-state index in [-0.39, 0.29) is 22.6 Å². The van der Waals surface area contributed by atoms with Crippen LogP contribution < -0.4 is 10.2 Å². The number of nitro benzene ring substituents is 1. The van der Waals surface area contributed by atoms with E-state index < -0.39 is 22.6 Å². The topological polar surface area (TPSA) is 92.6 Å². The van der Waals surface area contributed by atoms with Crippen molar-refractivity contribution < 1.29 is 18.9 Å². The number of carbonyl (C=O) groups excluding carboxylic acids is 2. The van der Waals surface area contributed by atoms with Gasteiger partial charge in [0.05, 0.1) is 16.2 Å². The SMILES string of the molecule is CC(C)c1ccc(NC2=C(c3ccc([N+](=O)[O-])cc3)C(=O)N(c3ccccc3F)C2=O)cc1. The molecule has 4 rings (SSSR count). The fraction of sp³-hybridized carbons (Fsp3) is 0.120. The molecule has 1 N–H and O–H groups in total. The number of amides is 2. The molecule has 0 unspecified atom stereocenters. The van der Waals surface area contributed by atoms with E-state index in [1.54, 1.807) is 12.1 Å². The summed E-state index contributed by atoms with van der Waals surface area (Å²) < 4.78 is 14.5. The summed E-state index contributed by atoms with van der Waals surface area (Å²) in [4.78, 5) is 37.9. The Hall–Kier alpha value is -4.33. The summed E-state index contributed by atoms with van der Waals surface area (Å²) in [5.74, 6) is -1.84. The van der Waals surface area contributed by atoms with Crippen molar-refractivity contribution in [2.24, 2.45) is 0 Å². The van der Waals surface area contributed by atoms with Gasteiger partial charge in [-0.1, -0.05) is 38.1 Å². The lowest BCUT2D eigenvalue weighted by molar-refractivity contribution is -0.384. The monoisotopic (exact) mass is 445 g/mol. The predicted octanol–water partition coefficient (Wildman–Crippen LogP) is 5.25. The highest BCUT2D eigenvalue weighted by Crippen LogP contribution is 2.35. The number of rotatable bonds is 6. The number of hydrogen-bond acceptors (Lipinski definition) is 5. The lowest BCUT2D eigenvalue weighted by Crippen LogP contribution is -2.33. The van der Waals surface area contributed by atoms with Crippen LogP contribution in [0.3, 0.4) is 0 Å². The third kappa shape index (κ3) is 4.10. The minimum atomic E-state index is -0.722. The van der Waals surface area contributed by atoms with Gasteiger partial charge in [-0.2, -0.15) is 0 Å². The Labute approximate surface area is 189 Å². The summed E-state index contributed by atoms with van der Waals surface area (Å²) >= 11 is 0. The smallest absolute Gasteiger partial charge is 0.282 e. The molecule has 0 aromatic heterocycles. The highest BCUT2D eigenvalue weighted by atomic mass is 19.1. The number of non-ortho nitro benzene ring substituents is 1. The first-order valence-electron chi connectivity index (χ1n) is 10.3. The van der Waals surface area contributed by atoms with Crippen LogP contribution in [0.5, 0.6) is 0 Å². The van der Waals surface area contributed by atoms with Gasteiger partial charge < -0.3 is 5.32 Å². The quantitative estimate of drug-likeness (QED) is 0.318. The van der Waals surface area contributed by atoms with Gasteiger partial charge in [-0.15, -0.1) is 0 Å². The zero-order chi connectivity index (χ0) is 23.7. The Bertz CT molecular complexity index is 1280. The minimum Gasteiger partial charge on any atom is -0.350 e. The van der Waals surface area contributed by atoms with Crippen molar-refractivity contribution in [3.63, 3.8) is 0 Å². The predicted molar refractivity (Wildman–Crippen MR) is 123 cm³/mol. The van der Waals surface area contributed by atoms with Gasteiger partial charge in [0.2, 0.25) is 0 Å². The molecule has 0 atom stereocenters. The molecule has 3 aromatic carbocycles. The van der Waals surface area contributed by atoms with Gasteiger partial charge in [0.25, 0.3) is 17.5 Å². The van der Waals surface area contributed by atoms with Crippen LogP contribution in [-0.4, -0.2) is 16.7 Å². The van der Waals surface area contributed by atoms with Crippen molar-refractivity contribution in [3.05, 3.63) is 106 Å². The summed E-state index contributed by atoms with van der Waals surface area (Å²) in [7, 11) is 0. The molecule has 0 saturated carbocycles. The zero-order valence-electron chi connectivity index (χ0n) is 17.9. The largest absolute Gasteiger partial charge is 0.350 e. The van der Waals surface area contributed by atoms with Gasteiger partial charge in [-0.05, 0) is 53.4 Å². The minimum absolute atomic E-state index is 0.00564. The van der Waals surface area contributed by atoms with Gasteiger partial charge in [-0.3, -0.25) is 19.7 Å². The van der Waals surface area contributed by atoms with Crippen LogP contribution in [0.15, 0.2) is 78.5 Å². The lowest BCUT2D eigenvalue weighted by atomic mass is 10.0. The van der Waals surface area contributed by atoms with E-state index in [0.29, 0.717) is 17.2 Å². The van der Waals surface area contributed by atoms with Crippen LogP contribution in [0.25, 0.3) is 5.57 Å². The van der Waals surface area contributed by atoms with E-state index in [2.05, 4.69) is 19.2 Å². The lowest BCUT2D eigenvalue weighted by Gasteiger charge is -2.16. The molecule has 166 valence electrons. The maximum atomic E-state index is 14.5. The van der Waals surface area contributed by atoms with E-state index in [1.165, 1.54) is 42.5 Å². The summed E-state index contributed by atoms with van der Waals surface area (Å²) in [5.41, 5.74) is 1.64. The molecule has 0 saturated heterocycles. The number of nitro groups is 1. The van der Waals surface area contributed by atoms with E-state index >= 15 is 0 Å². The molecule has 0 fully saturated rings. The molecule has 7 nitrogen and oxygen atoms in total. The maximum absolute atomic E-state index is 14.5. The second-order valence-corrected chi connectivity index (χ2v) is 7.85. The number of halogens is 1. The van der Waals surface area contributed by atoms with Gasteiger partial charge >= 0.3 is 0 Å². The molecule has 2 amide bonds. The van der Waals surface area contributed by atoms with Crippen LogP contribution in [0.2, 0.25) is 0 Å². The fourth-order valence-corrected chi connectivity index (χ4v) is 3.61. The van der Waals surface area contributed by atoms with Crippen molar-refractivity contribution in [2.75, 3.05) is 10.2 Å². The van der Waals surface area contributed by atoms with Crippen LogP contribution in [-0.2, 0) is 9.59 Å². The summed E-state index contributed by atoms with van der Waals surface area (Å²) in [5, 5.41) is 14.0. The average molecular weight is 445 g/mol. The normalized spacial score (nSPS) is 13.8. The second-order valence-electron chi connectivity index (χ2n) is 7.85. The molecule has 0 aliphatic carbocycles. The number of benzene rings is 3. The third-order valence-electron chi connectivity index (χ3n) is 5.39. The first-order valence-corrected chi connectivity index (χ1v) is 10.3. The molecular formula is C25H20FN3O4. The van der Waals surface area contributed by atoms with E-state index in [9.17, 15) is 24.1 Å². The number of imide groups is 1. The molecule has 1 aliphatic heterocycles. The van der Waals surface area contributed by atoms with Crippen LogP contribution in [0.4, 0.5) is 21.5 Å². The van der Waals surface area contributed by atoms with Gasteiger partial charge in [0.1, 0.15) is 11.5 Å². The zero-order valence-corrected chi connectivity index (χ0v) is 17.9. The summed E-state index contributed by atoms with van der Waals surface area (Å²) in [6, 6.07) is 18.2. The van der Waals surface area contributed by atoms with Crippen LogP contribution in [0.1, 0.15) is 30.9 Å². The molecule has 33 heavy (non-hydrogen) atoms. The number of nitrogens with one attached hydrogen (secondary N) is 1. The van der Waals surface area contributed by atoms with E-state index in [0.717, 1.165) is 16.5 Å². The summed E-state index contributed by atoms with van der Waals surface area (Å²) in [6.45, 7) is 4.12. The van der Waals surface area contributed by atoms with E-state index in [4.69, 9.17) is 0 Å². The summed E-state index contributed by atoms with van der Waals surface area (Å²) in [6.07, 6.45) is 0. The van der Waals surface area contributed by atoms with Gasteiger partial charge in [-0.25, -0.2) is 9.29 Å². The molecule has 1 heterocycles. The van der Waals surface area contributed by atoms with Crippen LogP contribution >= 0.6 is 0 Å². The molecule has 1 aliphatic rings. The Morgan fingerprint density at radius 3 is 2.12 bits per heavy atom. The highest BCUT2D eigenvalue weighted by Gasteiger charge is 2.41.